The summed E-state index contributed by atoms with van der Waals surface area (Å²) in [5.41, 5.74) is 0.428. The molecule has 3 nitrogen and oxygen atoms in total. The maximum absolute atomic E-state index is 12.7. The van der Waals surface area contributed by atoms with Gasteiger partial charge in [-0.15, -0.1) is 0 Å². The Morgan fingerprint density at radius 1 is 1.19 bits per heavy atom. The zero-order valence-electron chi connectivity index (χ0n) is 11.6. The molecule has 114 valence electrons. The number of aryl methyl sites for hydroxylation is 1. The number of H-pyrrole nitrogens is 1. The number of hydrogen-bond donors (Lipinski definition) is 2. The normalized spacial score (nSPS) is 17.5. The van der Waals surface area contributed by atoms with Crippen molar-refractivity contribution in [3.8, 4) is 0 Å². The van der Waals surface area contributed by atoms with Crippen LogP contribution in [0.5, 0.6) is 0 Å². The average molecular weight is 297 g/mol. The first kappa shape index (κ1) is 14.4. The van der Waals surface area contributed by atoms with Crippen LogP contribution in [0.25, 0.3) is 11.0 Å². The molecule has 2 aromatic rings. The first-order chi connectivity index (χ1) is 10.0. The largest absolute Gasteiger partial charge is 0.416 e. The molecular weight excluding hydrogens is 279 g/mol. The Morgan fingerprint density at radius 3 is 2.67 bits per heavy atom. The van der Waals surface area contributed by atoms with Crippen molar-refractivity contribution in [3.05, 3.63) is 29.6 Å². The second kappa shape index (κ2) is 5.67. The summed E-state index contributed by atoms with van der Waals surface area (Å²) in [7, 11) is 0. The van der Waals surface area contributed by atoms with E-state index in [1.54, 1.807) is 0 Å². The highest BCUT2D eigenvalue weighted by Crippen LogP contribution is 2.31. The van der Waals surface area contributed by atoms with Gasteiger partial charge in [0.05, 0.1) is 16.6 Å². The molecule has 1 fully saturated rings. The van der Waals surface area contributed by atoms with Crippen LogP contribution >= 0.6 is 0 Å². The number of fused-ring (bicyclic) bond motifs is 1. The molecule has 2 heterocycles. The third-order valence-corrected chi connectivity index (χ3v) is 4.11. The molecule has 0 saturated carbocycles. The molecular formula is C15H18F3N3. The highest BCUT2D eigenvalue weighted by atomic mass is 19.4. The molecule has 0 unspecified atom stereocenters. The van der Waals surface area contributed by atoms with Crippen molar-refractivity contribution in [1.82, 2.24) is 15.3 Å². The minimum absolute atomic E-state index is 0.463. The van der Waals surface area contributed by atoms with Gasteiger partial charge in [-0.05, 0) is 56.5 Å². The number of piperidine rings is 1. The third kappa shape index (κ3) is 3.37. The Hall–Kier alpha value is -1.56. The Morgan fingerprint density at radius 2 is 1.95 bits per heavy atom. The topological polar surface area (TPSA) is 40.7 Å². The van der Waals surface area contributed by atoms with E-state index in [4.69, 9.17) is 0 Å². The molecule has 0 atom stereocenters. The fourth-order valence-corrected chi connectivity index (χ4v) is 2.87. The lowest BCUT2D eigenvalue weighted by atomic mass is 9.93. The van der Waals surface area contributed by atoms with Gasteiger partial charge in [0.15, 0.2) is 0 Å². The van der Waals surface area contributed by atoms with Crippen molar-refractivity contribution in [2.24, 2.45) is 5.92 Å². The number of hydrogen-bond acceptors (Lipinski definition) is 2. The standard InChI is InChI=1S/C15H18F3N3/c16-15(17,18)11-2-3-12-13(9-11)21-14(20-12)4-1-10-5-7-19-8-6-10/h2-3,9-10,19H,1,4-8H2,(H,20,21). The summed E-state index contributed by atoms with van der Waals surface area (Å²) >= 11 is 0. The minimum Gasteiger partial charge on any atom is -0.342 e. The third-order valence-electron chi connectivity index (χ3n) is 4.11. The second-order valence-corrected chi connectivity index (χ2v) is 5.65. The number of benzene rings is 1. The molecule has 1 aromatic carbocycles. The fraction of sp³-hybridized carbons (Fsp3) is 0.533. The number of alkyl halides is 3. The van der Waals surface area contributed by atoms with Gasteiger partial charge in [0.2, 0.25) is 0 Å². The van der Waals surface area contributed by atoms with E-state index in [1.165, 1.54) is 18.9 Å². The van der Waals surface area contributed by atoms with Crippen molar-refractivity contribution in [2.45, 2.75) is 31.9 Å². The summed E-state index contributed by atoms with van der Waals surface area (Å²) in [5.74, 6) is 1.47. The van der Waals surface area contributed by atoms with E-state index in [0.29, 0.717) is 17.0 Å². The van der Waals surface area contributed by atoms with Gasteiger partial charge in [-0.25, -0.2) is 4.98 Å². The van der Waals surface area contributed by atoms with Crippen LogP contribution < -0.4 is 5.32 Å². The van der Waals surface area contributed by atoms with E-state index in [9.17, 15) is 13.2 Å². The molecule has 0 bridgehead atoms. The van der Waals surface area contributed by atoms with E-state index in [0.717, 1.165) is 43.9 Å². The molecule has 0 radical (unpaired) electrons. The van der Waals surface area contributed by atoms with Gasteiger partial charge in [0, 0.05) is 6.42 Å². The predicted molar refractivity (Wildman–Crippen MR) is 75.0 cm³/mol. The molecule has 1 aliphatic rings. The van der Waals surface area contributed by atoms with Crippen LogP contribution in [0.4, 0.5) is 13.2 Å². The van der Waals surface area contributed by atoms with E-state index in [2.05, 4.69) is 15.3 Å². The molecule has 0 amide bonds. The van der Waals surface area contributed by atoms with E-state index in [1.807, 2.05) is 0 Å². The van der Waals surface area contributed by atoms with E-state index >= 15 is 0 Å². The van der Waals surface area contributed by atoms with Gasteiger partial charge in [-0.2, -0.15) is 13.2 Å². The number of nitrogens with zero attached hydrogens (tertiary/aromatic N) is 1. The molecule has 3 rings (SSSR count). The summed E-state index contributed by atoms with van der Waals surface area (Å²) in [6.07, 6.45) is -0.153. The zero-order valence-corrected chi connectivity index (χ0v) is 11.6. The van der Waals surface area contributed by atoms with Crippen LogP contribution in [0.15, 0.2) is 18.2 Å². The number of rotatable bonds is 3. The predicted octanol–water partition coefficient (Wildman–Crippen LogP) is 3.51. The first-order valence-corrected chi connectivity index (χ1v) is 7.29. The highest BCUT2D eigenvalue weighted by Gasteiger charge is 2.30. The van der Waals surface area contributed by atoms with Crippen molar-refractivity contribution in [1.29, 1.82) is 0 Å². The van der Waals surface area contributed by atoms with E-state index in [-0.39, 0.29) is 0 Å². The Labute approximate surface area is 121 Å². The Bertz CT molecular complexity index is 612. The van der Waals surface area contributed by atoms with Gasteiger partial charge >= 0.3 is 6.18 Å². The molecule has 21 heavy (non-hydrogen) atoms. The van der Waals surface area contributed by atoms with Gasteiger partial charge < -0.3 is 10.3 Å². The lowest BCUT2D eigenvalue weighted by Crippen LogP contribution is -2.27. The highest BCUT2D eigenvalue weighted by molar-refractivity contribution is 5.76. The van der Waals surface area contributed by atoms with Gasteiger partial charge in [-0.3, -0.25) is 0 Å². The molecule has 0 spiro atoms. The molecule has 2 N–H and O–H groups in total. The molecule has 1 saturated heterocycles. The zero-order chi connectivity index (χ0) is 14.9. The maximum atomic E-state index is 12.7. The monoisotopic (exact) mass is 297 g/mol. The number of aromatic amines is 1. The van der Waals surface area contributed by atoms with Crippen molar-refractivity contribution in [3.63, 3.8) is 0 Å². The number of nitrogens with one attached hydrogen (secondary N) is 2. The average Bonchev–Trinajstić information content (AvgIpc) is 2.87. The molecule has 0 aliphatic carbocycles. The summed E-state index contributed by atoms with van der Waals surface area (Å²) in [5, 5.41) is 3.32. The maximum Gasteiger partial charge on any atom is 0.416 e. The first-order valence-electron chi connectivity index (χ1n) is 7.29. The lowest BCUT2D eigenvalue weighted by molar-refractivity contribution is -0.137. The summed E-state index contributed by atoms with van der Waals surface area (Å²) in [4.78, 5) is 7.40. The van der Waals surface area contributed by atoms with Gasteiger partial charge in [0.25, 0.3) is 0 Å². The SMILES string of the molecule is FC(F)(F)c1ccc2nc(CCC3CCNCC3)[nH]c2c1. The summed E-state index contributed by atoms with van der Waals surface area (Å²) < 4.78 is 38.0. The molecule has 6 heteroatoms. The fourth-order valence-electron chi connectivity index (χ4n) is 2.87. The number of halogens is 3. The van der Waals surface area contributed by atoms with Crippen molar-refractivity contribution < 1.29 is 13.2 Å². The van der Waals surface area contributed by atoms with Crippen LogP contribution in [-0.2, 0) is 12.6 Å². The van der Waals surface area contributed by atoms with Crippen LogP contribution in [0.1, 0.15) is 30.7 Å². The van der Waals surface area contributed by atoms with Crippen LogP contribution in [0.3, 0.4) is 0 Å². The van der Waals surface area contributed by atoms with Gasteiger partial charge in [0.1, 0.15) is 5.82 Å². The Balaban J connectivity index is 1.71. The quantitative estimate of drug-likeness (QED) is 0.910. The number of imidazole rings is 1. The second-order valence-electron chi connectivity index (χ2n) is 5.65. The summed E-state index contributed by atoms with van der Waals surface area (Å²) in [6.45, 7) is 2.11. The van der Waals surface area contributed by atoms with Crippen molar-refractivity contribution in [2.75, 3.05) is 13.1 Å². The Kier molecular flexibility index (Phi) is 3.89. The molecule has 1 aromatic heterocycles. The lowest BCUT2D eigenvalue weighted by Gasteiger charge is -2.21. The number of aromatic nitrogens is 2. The molecule has 1 aliphatic heterocycles. The summed E-state index contributed by atoms with van der Waals surface area (Å²) in [6, 6.07) is 3.65. The van der Waals surface area contributed by atoms with Crippen LogP contribution in [-0.4, -0.2) is 23.1 Å². The van der Waals surface area contributed by atoms with Crippen LogP contribution in [0.2, 0.25) is 0 Å². The smallest absolute Gasteiger partial charge is 0.342 e. The van der Waals surface area contributed by atoms with E-state index < -0.39 is 11.7 Å². The van der Waals surface area contributed by atoms with Crippen molar-refractivity contribution >= 4 is 11.0 Å². The minimum atomic E-state index is -4.31. The van der Waals surface area contributed by atoms with Gasteiger partial charge in [-0.1, -0.05) is 0 Å². The van der Waals surface area contributed by atoms with Crippen LogP contribution in [0, 0.1) is 5.92 Å².